The van der Waals surface area contributed by atoms with Crippen molar-refractivity contribution in [2.45, 2.75) is 19.4 Å². The van der Waals surface area contributed by atoms with Gasteiger partial charge in [0.2, 0.25) is 5.13 Å². The lowest BCUT2D eigenvalue weighted by atomic mass is 10.0. The Morgan fingerprint density at radius 3 is 3.06 bits per heavy atom. The zero-order valence-corrected chi connectivity index (χ0v) is 10.4. The average molecular weight is 242 g/mol. The predicted molar refractivity (Wildman–Crippen MR) is 64.2 cm³/mol. The van der Waals surface area contributed by atoms with Gasteiger partial charge in [0.25, 0.3) is 0 Å². The van der Waals surface area contributed by atoms with Crippen LogP contribution in [0.25, 0.3) is 0 Å². The minimum atomic E-state index is 0.546. The molecule has 2 N–H and O–H groups in total. The third-order valence-electron chi connectivity index (χ3n) is 2.71. The normalized spacial score (nSPS) is 21.5. The highest BCUT2D eigenvalue weighted by Crippen LogP contribution is 2.17. The van der Waals surface area contributed by atoms with Crippen molar-refractivity contribution in [1.29, 1.82) is 0 Å². The van der Waals surface area contributed by atoms with Gasteiger partial charge in [-0.3, -0.25) is 4.90 Å². The van der Waals surface area contributed by atoms with Crippen LogP contribution in [0.2, 0.25) is 0 Å². The molecule has 0 saturated carbocycles. The summed E-state index contributed by atoms with van der Waals surface area (Å²) >= 11 is 1.46. The van der Waals surface area contributed by atoms with Crippen molar-refractivity contribution >= 4 is 16.5 Å². The van der Waals surface area contributed by atoms with E-state index in [0.717, 1.165) is 31.3 Å². The Labute approximate surface area is 99.6 Å². The quantitative estimate of drug-likeness (QED) is 0.852. The molecule has 0 aliphatic carbocycles. The maximum atomic E-state index is 5.54. The highest BCUT2D eigenvalue weighted by molar-refractivity contribution is 7.15. The largest absolute Gasteiger partial charge is 0.381 e. The number of hydrogen-bond acceptors (Lipinski definition) is 6. The molecule has 1 atom stereocenters. The zero-order valence-electron chi connectivity index (χ0n) is 9.56. The summed E-state index contributed by atoms with van der Waals surface area (Å²) in [5.41, 5.74) is 5.54. The fourth-order valence-corrected chi connectivity index (χ4v) is 2.71. The van der Waals surface area contributed by atoms with E-state index >= 15 is 0 Å². The van der Waals surface area contributed by atoms with Gasteiger partial charge in [-0.15, -0.1) is 10.2 Å². The fraction of sp³-hybridized carbons (Fsp3) is 0.800. The lowest BCUT2D eigenvalue weighted by molar-refractivity contribution is 0.0411. The van der Waals surface area contributed by atoms with Crippen LogP contribution in [0.4, 0.5) is 5.13 Å². The molecule has 0 spiro atoms. The zero-order chi connectivity index (χ0) is 11.4. The van der Waals surface area contributed by atoms with Crippen molar-refractivity contribution < 1.29 is 4.74 Å². The second kappa shape index (κ2) is 5.56. The molecule has 0 radical (unpaired) electrons. The number of nitrogens with two attached hydrogens (primary N) is 1. The molecular formula is C10H18N4OS. The van der Waals surface area contributed by atoms with E-state index in [9.17, 15) is 0 Å². The van der Waals surface area contributed by atoms with Gasteiger partial charge >= 0.3 is 0 Å². The molecule has 2 rings (SSSR count). The van der Waals surface area contributed by atoms with Crippen molar-refractivity contribution in [2.75, 3.05) is 32.5 Å². The number of nitrogens with zero attached hydrogens (tertiary/aromatic N) is 3. The fourth-order valence-electron chi connectivity index (χ4n) is 2.02. The van der Waals surface area contributed by atoms with Gasteiger partial charge in [0.15, 0.2) is 0 Å². The average Bonchev–Trinajstić information content (AvgIpc) is 2.65. The Hall–Kier alpha value is -0.720. The summed E-state index contributed by atoms with van der Waals surface area (Å²) in [6, 6.07) is 0. The molecule has 1 aromatic rings. The summed E-state index contributed by atoms with van der Waals surface area (Å²) in [5, 5.41) is 9.36. The summed E-state index contributed by atoms with van der Waals surface area (Å²) in [6.07, 6.45) is 2.45. The van der Waals surface area contributed by atoms with Crippen LogP contribution in [-0.4, -0.2) is 41.9 Å². The molecule has 16 heavy (non-hydrogen) atoms. The van der Waals surface area contributed by atoms with Crippen LogP contribution in [0.3, 0.4) is 0 Å². The second-order valence-corrected chi connectivity index (χ2v) is 5.41. The molecule has 2 heterocycles. The summed E-state index contributed by atoms with van der Waals surface area (Å²) in [6.45, 7) is 3.70. The van der Waals surface area contributed by atoms with Gasteiger partial charge in [-0.05, 0) is 25.8 Å². The van der Waals surface area contributed by atoms with Gasteiger partial charge in [-0.1, -0.05) is 11.3 Å². The van der Waals surface area contributed by atoms with Gasteiger partial charge in [-0.2, -0.15) is 0 Å². The molecule has 1 aliphatic rings. The van der Waals surface area contributed by atoms with E-state index in [1.165, 1.54) is 24.2 Å². The number of anilines is 1. The van der Waals surface area contributed by atoms with Gasteiger partial charge in [0.1, 0.15) is 5.01 Å². The molecule has 0 amide bonds. The van der Waals surface area contributed by atoms with Gasteiger partial charge in [0.05, 0.1) is 13.2 Å². The molecule has 1 aromatic heterocycles. The highest BCUT2D eigenvalue weighted by Gasteiger charge is 2.16. The predicted octanol–water partition coefficient (Wildman–Crippen LogP) is 0.979. The summed E-state index contributed by atoms with van der Waals surface area (Å²) in [5.74, 6) is 0.656. The Balaban J connectivity index is 1.77. The Bertz CT molecular complexity index is 324. The van der Waals surface area contributed by atoms with Crippen LogP contribution in [0.5, 0.6) is 0 Å². The summed E-state index contributed by atoms with van der Waals surface area (Å²) in [7, 11) is 2.10. The molecule has 90 valence electrons. The molecular weight excluding hydrogens is 224 g/mol. The topological polar surface area (TPSA) is 64.3 Å². The maximum absolute atomic E-state index is 5.54. The second-order valence-electron chi connectivity index (χ2n) is 4.31. The number of nitrogen functional groups attached to an aromatic ring is 1. The smallest absolute Gasteiger partial charge is 0.203 e. The van der Waals surface area contributed by atoms with E-state index in [2.05, 4.69) is 22.1 Å². The molecule has 1 aliphatic heterocycles. The molecule has 1 saturated heterocycles. The van der Waals surface area contributed by atoms with Crippen molar-refractivity contribution in [3.05, 3.63) is 5.01 Å². The summed E-state index contributed by atoms with van der Waals surface area (Å²) in [4.78, 5) is 2.26. The van der Waals surface area contributed by atoms with Crippen LogP contribution >= 0.6 is 11.3 Å². The first-order chi connectivity index (χ1) is 7.74. The standard InChI is InChI=1S/C10H18N4OS/c1-14(5-8-3-2-4-15-7-8)6-9-12-13-10(11)16-9/h8H,2-7H2,1H3,(H2,11,13). The minimum absolute atomic E-state index is 0.546. The minimum Gasteiger partial charge on any atom is -0.381 e. The number of hydrogen-bond donors (Lipinski definition) is 1. The Morgan fingerprint density at radius 2 is 2.44 bits per heavy atom. The van der Waals surface area contributed by atoms with Gasteiger partial charge in [-0.25, -0.2) is 0 Å². The van der Waals surface area contributed by atoms with Crippen molar-refractivity contribution in [1.82, 2.24) is 15.1 Å². The van der Waals surface area contributed by atoms with Crippen LogP contribution < -0.4 is 5.73 Å². The van der Waals surface area contributed by atoms with E-state index in [-0.39, 0.29) is 0 Å². The van der Waals surface area contributed by atoms with E-state index in [1.54, 1.807) is 0 Å². The molecule has 1 fully saturated rings. The molecule has 0 aromatic carbocycles. The maximum Gasteiger partial charge on any atom is 0.203 e. The lowest BCUT2D eigenvalue weighted by Gasteiger charge is -2.26. The van der Waals surface area contributed by atoms with E-state index in [4.69, 9.17) is 10.5 Å². The van der Waals surface area contributed by atoms with Crippen molar-refractivity contribution in [3.63, 3.8) is 0 Å². The van der Waals surface area contributed by atoms with E-state index in [0.29, 0.717) is 11.0 Å². The van der Waals surface area contributed by atoms with Crippen LogP contribution in [-0.2, 0) is 11.3 Å². The first-order valence-electron chi connectivity index (χ1n) is 5.58. The number of rotatable bonds is 4. The first kappa shape index (κ1) is 11.8. The number of aromatic nitrogens is 2. The van der Waals surface area contributed by atoms with Crippen molar-refractivity contribution in [2.24, 2.45) is 5.92 Å². The summed E-state index contributed by atoms with van der Waals surface area (Å²) < 4.78 is 5.47. The van der Waals surface area contributed by atoms with E-state index < -0.39 is 0 Å². The monoisotopic (exact) mass is 242 g/mol. The Morgan fingerprint density at radius 1 is 1.56 bits per heavy atom. The van der Waals surface area contributed by atoms with E-state index in [1.807, 2.05) is 0 Å². The lowest BCUT2D eigenvalue weighted by Crippen LogP contribution is -2.30. The Kier molecular flexibility index (Phi) is 4.09. The van der Waals surface area contributed by atoms with Crippen LogP contribution in [0.1, 0.15) is 17.8 Å². The molecule has 5 nitrogen and oxygen atoms in total. The van der Waals surface area contributed by atoms with Gasteiger partial charge < -0.3 is 10.5 Å². The first-order valence-corrected chi connectivity index (χ1v) is 6.40. The SMILES string of the molecule is CN(Cc1nnc(N)s1)CC1CCCOC1. The third kappa shape index (κ3) is 3.40. The molecule has 1 unspecified atom stereocenters. The molecule has 0 bridgehead atoms. The molecule has 6 heteroatoms. The van der Waals surface area contributed by atoms with Crippen LogP contribution in [0.15, 0.2) is 0 Å². The number of ether oxygens (including phenoxy) is 1. The van der Waals surface area contributed by atoms with Gasteiger partial charge in [0, 0.05) is 13.2 Å². The van der Waals surface area contributed by atoms with Crippen LogP contribution in [0, 0.1) is 5.92 Å². The third-order valence-corrected chi connectivity index (χ3v) is 3.45. The van der Waals surface area contributed by atoms with Crippen molar-refractivity contribution in [3.8, 4) is 0 Å². The highest BCUT2D eigenvalue weighted by atomic mass is 32.1.